The second-order valence-electron chi connectivity index (χ2n) is 4.33. The summed E-state index contributed by atoms with van der Waals surface area (Å²) in [5.74, 6) is 0.629. The van der Waals surface area contributed by atoms with Crippen molar-refractivity contribution in [2.45, 2.75) is 32.9 Å². The van der Waals surface area contributed by atoms with Gasteiger partial charge in [-0.3, -0.25) is 4.90 Å². The average Bonchev–Trinajstić information content (AvgIpc) is 2.32. The highest BCUT2D eigenvalue weighted by Crippen LogP contribution is 2.29. The molecule has 0 saturated carbocycles. The van der Waals surface area contributed by atoms with Gasteiger partial charge in [-0.2, -0.15) is 0 Å². The van der Waals surface area contributed by atoms with Crippen LogP contribution in [0.5, 0.6) is 0 Å². The molecule has 1 rings (SSSR count). The fourth-order valence-corrected chi connectivity index (χ4v) is 2.12. The fourth-order valence-electron chi connectivity index (χ4n) is 2.12. The summed E-state index contributed by atoms with van der Waals surface area (Å²) in [6.07, 6.45) is 1.03. The lowest BCUT2D eigenvalue weighted by Gasteiger charge is -2.34. The van der Waals surface area contributed by atoms with E-state index in [1.54, 1.807) is 0 Å². The van der Waals surface area contributed by atoms with Gasteiger partial charge in [0.2, 0.25) is 0 Å². The second kappa shape index (κ2) is 4.40. The summed E-state index contributed by atoms with van der Waals surface area (Å²) in [5.41, 5.74) is -0.142. The first-order valence-corrected chi connectivity index (χ1v) is 5.08. The summed E-state index contributed by atoms with van der Waals surface area (Å²) in [5, 5.41) is 8.90. The lowest BCUT2D eigenvalue weighted by molar-refractivity contribution is -0.0838. The van der Waals surface area contributed by atoms with Crippen LogP contribution in [-0.2, 0) is 4.74 Å². The van der Waals surface area contributed by atoms with E-state index in [2.05, 4.69) is 25.7 Å². The van der Waals surface area contributed by atoms with Crippen LogP contribution in [0.15, 0.2) is 0 Å². The molecule has 1 aliphatic rings. The minimum atomic E-state index is -0.142. The van der Waals surface area contributed by atoms with Gasteiger partial charge in [-0.1, -0.05) is 13.8 Å². The van der Waals surface area contributed by atoms with Crippen LogP contribution in [-0.4, -0.2) is 42.0 Å². The van der Waals surface area contributed by atoms with E-state index in [4.69, 9.17) is 9.84 Å². The summed E-state index contributed by atoms with van der Waals surface area (Å²) < 4.78 is 5.73. The molecule has 1 unspecified atom stereocenters. The number of hydrogen-bond donors (Lipinski definition) is 1. The lowest BCUT2D eigenvalue weighted by atomic mass is 10.0. The van der Waals surface area contributed by atoms with E-state index in [1.807, 2.05) is 0 Å². The van der Waals surface area contributed by atoms with Crippen molar-refractivity contribution >= 4 is 0 Å². The first-order valence-electron chi connectivity index (χ1n) is 5.08. The highest BCUT2D eigenvalue weighted by molar-refractivity contribution is 4.82. The summed E-state index contributed by atoms with van der Waals surface area (Å²) in [7, 11) is 0. The van der Waals surface area contributed by atoms with Gasteiger partial charge in [0.05, 0.1) is 13.2 Å². The van der Waals surface area contributed by atoms with Crippen LogP contribution in [0.2, 0.25) is 0 Å². The van der Waals surface area contributed by atoms with Gasteiger partial charge in [0.15, 0.2) is 0 Å². The molecule has 78 valence electrons. The molecule has 3 nitrogen and oxygen atoms in total. The second-order valence-corrected chi connectivity index (χ2v) is 4.33. The molecule has 13 heavy (non-hydrogen) atoms. The normalized spacial score (nSPS) is 30.2. The molecule has 0 radical (unpaired) electrons. The van der Waals surface area contributed by atoms with Gasteiger partial charge < -0.3 is 9.84 Å². The van der Waals surface area contributed by atoms with Crippen molar-refractivity contribution < 1.29 is 9.84 Å². The van der Waals surface area contributed by atoms with Crippen molar-refractivity contribution in [2.75, 3.05) is 26.3 Å². The predicted molar refractivity (Wildman–Crippen MR) is 52.5 cm³/mol. The summed E-state index contributed by atoms with van der Waals surface area (Å²) in [6.45, 7) is 9.21. The van der Waals surface area contributed by atoms with Crippen molar-refractivity contribution in [3.05, 3.63) is 0 Å². The lowest BCUT2D eigenvalue weighted by Crippen LogP contribution is -2.44. The van der Waals surface area contributed by atoms with E-state index >= 15 is 0 Å². The Morgan fingerprint density at radius 2 is 2.23 bits per heavy atom. The number of aliphatic hydroxyl groups is 1. The third-order valence-electron chi connectivity index (χ3n) is 2.60. The molecule has 0 aromatic carbocycles. The van der Waals surface area contributed by atoms with Gasteiger partial charge in [0.25, 0.3) is 0 Å². The van der Waals surface area contributed by atoms with E-state index in [1.165, 1.54) is 0 Å². The molecule has 0 bridgehead atoms. The molecule has 0 aromatic rings. The molecular weight excluding hydrogens is 166 g/mol. The number of β-amino-alcohol motifs (C(OH)–C–C–N with tert-alkyl or cyclic N) is 1. The van der Waals surface area contributed by atoms with Crippen molar-refractivity contribution in [1.82, 2.24) is 4.90 Å². The van der Waals surface area contributed by atoms with E-state index in [0.29, 0.717) is 5.92 Å². The Balaban J connectivity index is 2.53. The Kier molecular flexibility index (Phi) is 3.71. The molecule has 1 saturated heterocycles. The molecule has 1 aliphatic heterocycles. The van der Waals surface area contributed by atoms with E-state index in [-0.39, 0.29) is 12.3 Å². The minimum absolute atomic E-state index is 0.142. The molecule has 0 aromatic heterocycles. The Labute approximate surface area is 80.7 Å². The third-order valence-corrected chi connectivity index (χ3v) is 2.60. The van der Waals surface area contributed by atoms with E-state index in [0.717, 1.165) is 26.1 Å². The molecule has 1 atom stereocenters. The van der Waals surface area contributed by atoms with Gasteiger partial charge in [-0.15, -0.1) is 0 Å². The largest absolute Gasteiger partial charge is 0.395 e. The van der Waals surface area contributed by atoms with Crippen LogP contribution < -0.4 is 0 Å². The van der Waals surface area contributed by atoms with Crippen LogP contribution in [0.1, 0.15) is 27.2 Å². The highest BCUT2D eigenvalue weighted by Gasteiger charge is 2.37. The van der Waals surface area contributed by atoms with Crippen molar-refractivity contribution in [3.63, 3.8) is 0 Å². The van der Waals surface area contributed by atoms with Crippen LogP contribution >= 0.6 is 0 Å². The maximum absolute atomic E-state index is 8.90. The van der Waals surface area contributed by atoms with Crippen LogP contribution in [0, 0.1) is 5.92 Å². The van der Waals surface area contributed by atoms with Crippen molar-refractivity contribution in [3.8, 4) is 0 Å². The minimum Gasteiger partial charge on any atom is -0.395 e. The molecule has 0 amide bonds. The zero-order chi connectivity index (χ0) is 9.90. The molecule has 1 N–H and O–H groups in total. The first kappa shape index (κ1) is 11.0. The number of aliphatic hydroxyl groups excluding tert-OH is 1. The Morgan fingerprint density at radius 1 is 1.54 bits per heavy atom. The third kappa shape index (κ3) is 2.66. The topological polar surface area (TPSA) is 32.7 Å². The predicted octanol–water partition coefficient (Wildman–Crippen LogP) is 1.07. The van der Waals surface area contributed by atoms with Gasteiger partial charge >= 0.3 is 0 Å². The number of hydrogen-bond acceptors (Lipinski definition) is 3. The molecule has 0 spiro atoms. The smallest absolute Gasteiger partial charge is 0.119 e. The van der Waals surface area contributed by atoms with Gasteiger partial charge in [0.1, 0.15) is 5.72 Å². The molecule has 1 fully saturated rings. The van der Waals surface area contributed by atoms with Crippen molar-refractivity contribution in [2.24, 2.45) is 5.92 Å². The van der Waals surface area contributed by atoms with Crippen LogP contribution in [0.25, 0.3) is 0 Å². The Bertz CT molecular complexity index is 161. The van der Waals surface area contributed by atoms with Gasteiger partial charge in [0, 0.05) is 13.1 Å². The summed E-state index contributed by atoms with van der Waals surface area (Å²) >= 11 is 0. The molecular formula is C10H21NO2. The summed E-state index contributed by atoms with van der Waals surface area (Å²) in [6, 6.07) is 0. The standard InChI is InChI=1S/C10H21NO2/c1-9(2)8-10(3)11(4-6-12)5-7-13-10/h9,12H,4-8H2,1-3H3. The van der Waals surface area contributed by atoms with Gasteiger partial charge in [-0.25, -0.2) is 0 Å². The first-order chi connectivity index (χ1) is 6.08. The maximum atomic E-state index is 8.90. The monoisotopic (exact) mass is 187 g/mol. The molecule has 3 heteroatoms. The highest BCUT2D eigenvalue weighted by atomic mass is 16.5. The fraction of sp³-hybridized carbons (Fsp3) is 1.00. The Hall–Kier alpha value is -0.120. The zero-order valence-electron chi connectivity index (χ0n) is 8.92. The average molecular weight is 187 g/mol. The number of rotatable bonds is 4. The van der Waals surface area contributed by atoms with Crippen LogP contribution in [0.4, 0.5) is 0 Å². The van der Waals surface area contributed by atoms with E-state index in [9.17, 15) is 0 Å². The quantitative estimate of drug-likeness (QED) is 0.714. The van der Waals surface area contributed by atoms with E-state index < -0.39 is 0 Å². The summed E-state index contributed by atoms with van der Waals surface area (Å²) in [4.78, 5) is 2.23. The SMILES string of the molecule is CC(C)CC1(C)OCCN1CCO. The van der Waals surface area contributed by atoms with Crippen molar-refractivity contribution in [1.29, 1.82) is 0 Å². The Morgan fingerprint density at radius 3 is 2.77 bits per heavy atom. The maximum Gasteiger partial charge on any atom is 0.119 e. The number of nitrogens with zero attached hydrogens (tertiary/aromatic N) is 1. The molecule has 1 heterocycles. The molecule has 0 aliphatic carbocycles. The van der Waals surface area contributed by atoms with Crippen LogP contribution in [0.3, 0.4) is 0 Å². The number of ether oxygens (including phenoxy) is 1. The zero-order valence-corrected chi connectivity index (χ0v) is 8.92. The van der Waals surface area contributed by atoms with Gasteiger partial charge in [-0.05, 0) is 19.3 Å².